The van der Waals surface area contributed by atoms with Crippen LogP contribution in [0.25, 0.3) is 0 Å². The van der Waals surface area contributed by atoms with Gasteiger partial charge in [0.05, 0.1) is 11.8 Å². The van der Waals surface area contributed by atoms with Crippen molar-refractivity contribution in [2.45, 2.75) is 64.3 Å². The van der Waals surface area contributed by atoms with Gasteiger partial charge in [0.2, 0.25) is 5.91 Å². The average Bonchev–Trinajstić information content (AvgIpc) is 3.12. The van der Waals surface area contributed by atoms with Crippen LogP contribution in [-0.4, -0.2) is 34.5 Å². The molecule has 0 aromatic carbocycles. The minimum Gasteiger partial charge on any atom is -0.481 e. The van der Waals surface area contributed by atoms with Gasteiger partial charge in [-0.3, -0.25) is 9.59 Å². The van der Waals surface area contributed by atoms with Crippen molar-refractivity contribution >= 4 is 11.9 Å². The number of nitrogens with zero attached hydrogens (tertiary/aromatic N) is 1. The molecule has 21 heavy (non-hydrogen) atoms. The number of amides is 1. The summed E-state index contributed by atoms with van der Waals surface area (Å²) >= 11 is 0. The molecule has 0 aromatic rings. The summed E-state index contributed by atoms with van der Waals surface area (Å²) in [5, 5.41) is 9.46. The molecule has 1 N–H and O–H groups in total. The average molecular weight is 293 g/mol. The molecule has 2 aliphatic carbocycles. The molecule has 2 saturated carbocycles. The lowest BCUT2D eigenvalue weighted by molar-refractivity contribution is -0.151. The van der Waals surface area contributed by atoms with Gasteiger partial charge < -0.3 is 10.0 Å². The van der Waals surface area contributed by atoms with Gasteiger partial charge in [-0.25, -0.2) is 0 Å². The van der Waals surface area contributed by atoms with E-state index >= 15 is 0 Å². The van der Waals surface area contributed by atoms with Crippen molar-refractivity contribution in [3.05, 3.63) is 0 Å². The number of rotatable bonds is 3. The fraction of sp³-hybridized carbons (Fsp3) is 0.882. The SMILES string of the molecule is CCC1CC(C(=O)O)C(C(=O)N2CCCC3CCCC32)C1. The van der Waals surface area contributed by atoms with Crippen molar-refractivity contribution in [2.24, 2.45) is 23.7 Å². The topological polar surface area (TPSA) is 57.6 Å². The Labute approximate surface area is 126 Å². The maximum atomic E-state index is 13.0. The van der Waals surface area contributed by atoms with Crippen LogP contribution < -0.4 is 0 Å². The second kappa shape index (κ2) is 5.98. The van der Waals surface area contributed by atoms with Gasteiger partial charge in [-0.05, 0) is 50.4 Å². The summed E-state index contributed by atoms with van der Waals surface area (Å²) in [4.78, 5) is 26.6. The van der Waals surface area contributed by atoms with E-state index in [0.717, 1.165) is 32.2 Å². The lowest BCUT2D eigenvalue weighted by atomic mass is 9.88. The normalized spacial score (nSPS) is 39.3. The molecule has 5 atom stereocenters. The second-order valence-electron chi connectivity index (χ2n) is 7.23. The smallest absolute Gasteiger partial charge is 0.307 e. The first-order valence-electron chi connectivity index (χ1n) is 8.65. The van der Waals surface area contributed by atoms with E-state index in [1.807, 2.05) is 0 Å². The Morgan fingerprint density at radius 1 is 1.10 bits per heavy atom. The third kappa shape index (κ3) is 2.69. The Balaban J connectivity index is 1.75. The van der Waals surface area contributed by atoms with Gasteiger partial charge in [0.25, 0.3) is 0 Å². The van der Waals surface area contributed by atoms with Crippen molar-refractivity contribution in [2.75, 3.05) is 6.54 Å². The number of hydrogen-bond acceptors (Lipinski definition) is 2. The van der Waals surface area contributed by atoms with Crippen LogP contribution in [0.3, 0.4) is 0 Å². The monoisotopic (exact) mass is 293 g/mol. The molecule has 3 aliphatic rings. The molecule has 1 saturated heterocycles. The van der Waals surface area contributed by atoms with Gasteiger partial charge in [-0.15, -0.1) is 0 Å². The predicted octanol–water partition coefficient (Wildman–Crippen LogP) is 2.91. The van der Waals surface area contributed by atoms with E-state index < -0.39 is 11.9 Å². The van der Waals surface area contributed by atoms with Gasteiger partial charge >= 0.3 is 5.97 Å². The predicted molar refractivity (Wildman–Crippen MR) is 79.7 cm³/mol. The lowest BCUT2D eigenvalue weighted by Gasteiger charge is -2.39. The highest BCUT2D eigenvalue weighted by atomic mass is 16.4. The number of carbonyl (C=O) groups excluding carboxylic acids is 1. The fourth-order valence-electron chi connectivity index (χ4n) is 4.96. The van der Waals surface area contributed by atoms with Crippen molar-refractivity contribution in [1.29, 1.82) is 0 Å². The Kier molecular flexibility index (Phi) is 4.23. The highest BCUT2D eigenvalue weighted by Crippen LogP contribution is 2.42. The first-order chi connectivity index (χ1) is 10.1. The maximum Gasteiger partial charge on any atom is 0.307 e. The Morgan fingerprint density at radius 3 is 2.52 bits per heavy atom. The van der Waals surface area contributed by atoms with Crippen LogP contribution >= 0.6 is 0 Å². The quantitative estimate of drug-likeness (QED) is 0.870. The molecular formula is C17H27NO3. The van der Waals surface area contributed by atoms with Crippen LogP contribution in [-0.2, 0) is 9.59 Å². The highest BCUT2D eigenvalue weighted by molar-refractivity contribution is 5.85. The molecule has 0 aromatic heterocycles. The third-order valence-corrected chi connectivity index (χ3v) is 6.15. The molecule has 4 nitrogen and oxygen atoms in total. The number of carboxylic acid groups (broad SMARTS) is 1. The summed E-state index contributed by atoms with van der Waals surface area (Å²) in [5.74, 6) is -0.270. The van der Waals surface area contributed by atoms with Crippen LogP contribution in [0.4, 0.5) is 0 Å². The maximum absolute atomic E-state index is 13.0. The number of carboxylic acids is 1. The zero-order chi connectivity index (χ0) is 15.0. The highest BCUT2D eigenvalue weighted by Gasteiger charge is 2.46. The number of likely N-dealkylation sites (tertiary alicyclic amines) is 1. The Bertz CT molecular complexity index is 422. The first-order valence-corrected chi connectivity index (χ1v) is 8.65. The molecule has 5 unspecified atom stereocenters. The van der Waals surface area contributed by atoms with Gasteiger partial charge in [0, 0.05) is 12.6 Å². The van der Waals surface area contributed by atoms with Gasteiger partial charge in [0.15, 0.2) is 0 Å². The van der Waals surface area contributed by atoms with Crippen LogP contribution in [0.5, 0.6) is 0 Å². The van der Waals surface area contributed by atoms with Gasteiger partial charge in [-0.2, -0.15) is 0 Å². The summed E-state index contributed by atoms with van der Waals surface area (Å²) in [6.07, 6.45) is 8.39. The largest absolute Gasteiger partial charge is 0.481 e. The van der Waals surface area contributed by atoms with Gasteiger partial charge in [0.1, 0.15) is 0 Å². The minimum atomic E-state index is -0.774. The fourth-order valence-corrected chi connectivity index (χ4v) is 4.96. The van der Waals surface area contributed by atoms with E-state index in [0.29, 0.717) is 24.3 Å². The second-order valence-corrected chi connectivity index (χ2v) is 7.23. The number of piperidine rings is 1. The Hall–Kier alpha value is -1.06. The van der Waals surface area contributed by atoms with Crippen molar-refractivity contribution in [3.63, 3.8) is 0 Å². The zero-order valence-electron chi connectivity index (χ0n) is 13.0. The van der Waals surface area contributed by atoms with Crippen molar-refractivity contribution in [1.82, 2.24) is 4.90 Å². The molecule has 1 heterocycles. The van der Waals surface area contributed by atoms with Crippen molar-refractivity contribution < 1.29 is 14.7 Å². The van der Waals surface area contributed by atoms with Crippen LogP contribution in [0.15, 0.2) is 0 Å². The molecule has 4 heteroatoms. The standard InChI is InChI=1S/C17H27NO3/c1-2-11-9-13(14(10-11)17(20)21)16(19)18-8-4-6-12-5-3-7-15(12)18/h11-15H,2-10H2,1H3,(H,20,21). The van der Waals surface area contributed by atoms with Crippen LogP contribution in [0, 0.1) is 23.7 Å². The summed E-state index contributed by atoms with van der Waals surface area (Å²) in [7, 11) is 0. The van der Waals surface area contributed by atoms with E-state index in [-0.39, 0.29) is 11.8 Å². The number of carbonyl (C=O) groups is 2. The third-order valence-electron chi connectivity index (χ3n) is 6.15. The van der Waals surface area contributed by atoms with E-state index in [1.165, 1.54) is 19.3 Å². The van der Waals surface area contributed by atoms with Crippen molar-refractivity contribution in [3.8, 4) is 0 Å². The molecule has 3 fully saturated rings. The van der Waals surface area contributed by atoms with Gasteiger partial charge in [-0.1, -0.05) is 19.8 Å². The molecule has 1 aliphatic heterocycles. The zero-order valence-corrected chi connectivity index (χ0v) is 13.0. The molecule has 0 bridgehead atoms. The summed E-state index contributed by atoms with van der Waals surface area (Å²) in [6.45, 7) is 2.95. The Morgan fingerprint density at radius 2 is 1.81 bits per heavy atom. The first kappa shape index (κ1) is 14.9. The number of aliphatic carboxylic acids is 1. The van der Waals surface area contributed by atoms with E-state index in [1.54, 1.807) is 0 Å². The summed E-state index contributed by atoms with van der Waals surface area (Å²) in [5.41, 5.74) is 0. The molecule has 0 radical (unpaired) electrons. The summed E-state index contributed by atoms with van der Waals surface area (Å²) < 4.78 is 0. The molecule has 118 valence electrons. The van der Waals surface area contributed by atoms with Crippen LogP contribution in [0.2, 0.25) is 0 Å². The minimum absolute atomic E-state index is 0.148. The lowest BCUT2D eigenvalue weighted by Crippen LogP contribution is -2.49. The molecular weight excluding hydrogens is 266 g/mol. The number of hydrogen-bond donors (Lipinski definition) is 1. The summed E-state index contributed by atoms with van der Waals surface area (Å²) in [6, 6.07) is 0.404. The molecule has 0 spiro atoms. The molecule has 1 amide bonds. The van der Waals surface area contributed by atoms with E-state index in [2.05, 4.69) is 11.8 Å². The van der Waals surface area contributed by atoms with E-state index in [9.17, 15) is 14.7 Å². The number of fused-ring (bicyclic) bond motifs is 1. The van der Waals surface area contributed by atoms with E-state index in [4.69, 9.17) is 0 Å². The van der Waals surface area contributed by atoms with Crippen LogP contribution in [0.1, 0.15) is 58.3 Å². The molecule has 3 rings (SSSR count).